The first-order chi connectivity index (χ1) is 8.56. The van der Waals surface area contributed by atoms with Crippen molar-refractivity contribution in [3.8, 4) is 0 Å². The van der Waals surface area contributed by atoms with Crippen LogP contribution < -0.4 is 5.32 Å². The Labute approximate surface area is 108 Å². The molecule has 2 unspecified atom stereocenters. The molecule has 2 atom stereocenters. The van der Waals surface area contributed by atoms with E-state index in [9.17, 15) is 4.79 Å². The zero-order valence-corrected chi connectivity index (χ0v) is 11.5. The van der Waals surface area contributed by atoms with Crippen molar-refractivity contribution >= 4 is 5.91 Å². The lowest BCUT2D eigenvalue weighted by Gasteiger charge is -2.27. The van der Waals surface area contributed by atoms with Gasteiger partial charge < -0.3 is 9.84 Å². The number of amides is 1. The minimum atomic E-state index is 0.0866. The maximum atomic E-state index is 12.0. The Morgan fingerprint density at radius 3 is 2.83 bits per heavy atom. The van der Waals surface area contributed by atoms with Gasteiger partial charge in [-0.1, -0.05) is 24.9 Å². The topological polar surface area (TPSA) is 55.1 Å². The predicted octanol–water partition coefficient (Wildman–Crippen LogP) is 2.53. The molecule has 0 aliphatic heterocycles. The van der Waals surface area contributed by atoms with Crippen LogP contribution in [-0.2, 0) is 11.2 Å². The number of rotatable bonds is 3. The quantitative estimate of drug-likeness (QED) is 0.896. The summed E-state index contributed by atoms with van der Waals surface area (Å²) in [6.07, 6.45) is 5.10. The second kappa shape index (κ2) is 5.55. The van der Waals surface area contributed by atoms with Crippen LogP contribution in [-0.4, -0.2) is 17.1 Å². The Balaban J connectivity index is 1.89. The summed E-state index contributed by atoms with van der Waals surface area (Å²) in [5.41, 5.74) is 1.75. The van der Waals surface area contributed by atoms with Crippen molar-refractivity contribution in [1.82, 2.24) is 10.5 Å². The van der Waals surface area contributed by atoms with Crippen LogP contribution in [0.1, 0.15) is 49.6 Å². The van der Waals surface area contributed by atoms with Gasteiger partial charge in [0.15, 0.2) is 0 Å². The highest BCUT2D eigenvalue weighted by Gasteiger charge is 2.21. The summed E-state index contributed by atoms with van der Waals surface area (Å²) in [5.74, 6) is 1.56. The molecule has 18 heavy (non-hydrogen) atoms. The average molecular weight is 250 g/mol. The van der Waals surface area contributed by atoms with Crippen molar-refractivity contribution in [2.45, 2.75) is 58.9 Å². The van der Waals surface area contributed by atoms with Gasteiger partial charge in [-0.25, -0.2) is 0 Å². The lowest BCUT2D eigenvalue weighted by atomic mass is 9.87. The highest BCUT2D eigenvalue weighted by atomic mass is 16.5. The molecule has 1 amide bonds. The molecule has 4 heteroatoms. The Bertz CT molecular complexity index is 406. The summed E-state index contributed by atoms with van der Waals surface area (Å²) in [6.45, 7) is 5.99. The van der Waals surface area contributed by atoms with Gasteiger partial charge in [0.1, 0.15) is 5.76 Å². The summed E-state index contributed by atoms with van der Waals surface area (Å²) >= 11 is 0. The van der Waals surface area contributed by atoms with Gasteiger partial charge in [-0.3, -0.25) is 4.79 Å². The van der Waals surface area contributed by atoms with Crippen LogP contribution in [0.4, 0.5) is 0 Å². The molecule has 2 rings (SSSR count). The zero-order chi connectivity index (χ0) is 13.1. The molecule has 1 fully saturated rings. The third-order valence-corrected chi connectivity index (χ3v) is 3.82. The van der Waals surface area contributed by atoms with Crippen molar-refractivity contribution in [2.75, 3.05) is 0 Å². The molecule has 0 aromatic carbocycles. The number of hydrogen-bond donors (Lipinski definition) is 1. The smallest absolute Gasteiger partial charge is 0.224 e. The van der Waals surface area contributed by atoms with Gasteiger partial charge in [0.25, 0.3) is 0 Å². The first kappa shape index (κ1) is 13.1. The normalized spacial score (nSPS) is 23.9. The van der Waals surface area contributed by atoms with Gasteiger partial charge in [0.2, 0.25) is 5.91 Å². The summed E-state index contributed by atoms with van der Waals surface area (Å²) < 4.78 is 5.07. The average Bonchev–Trinajstić information content (AvgIpc) is 2.61. The van der Waals surface area contributed by atoms with Crippen LogP contribution >= 0.6 is 0 Å². The fraction of sp³-hybridized carbons (Fsp3) is 0.714. The fourth-order valence-corrected chi connectivity index (χ4v) is 2.76. The van der Waals surface area contributed by atoms with Gasteiger partial charge in [0, 0.05) is 11.6 Å². The SMILES string of the molecule is Cc1noc(C)c1CC(=O)NC1CCCC(C)C1. The summed E-state index contributed by atoms with van der Waals surface area (Å²) in [5, 5.41) is 7.01. The van der Waals surface area contributed by atoms with E-state index in [-0.39, 0.29) is 5.91 Å². The predicted molar refractivity (Wildman–Crippen MR) is 69.2 cm³/mol. The standard InChI is InChI=1S/C14H22N2O2/c1-9-5-4-6-12(7-9)15-14(17)8-13-10(2)16-18-11(13)3/h9,12H,4-8H2,1-3H3,(H,15,17). The van der Waals surface area contributed by atoms with Crippen molar-refractivity contribution in [3.05, 3.63) is 17.0 Å². The number of nitrogens with one attached hydrogen (secondary N) is 1. The van der Waals surface area contributed by atoms with Crippen molar-refractivity contribution < 1.29 is 9.32 Å². The van der Waals surface area contributed by atoms with Crippen LogP contribution in [0.2, 0.25) is 0 Å². The minimum absolute atomic E-state index is 0.0866. The molecule has 1 heterocycles. The molecular weight excluding hydrogens is 228 g/mol. The van der Waals surface area contributed by atoms with E-state index in [1.807, 2.05) is 13.8 Å². The van der Waals surface area contributed by atoms with Crippen molar-refractivity contribution in [2.24, 2.45) is 5.92 Å². The van der Waals surface area contributed by atoms with Gasteiger partial charge in [-0.05, 0) is 32.6 Å². The molecule has 100 valence electrons. The van der Waals surface area contributed by atoms with Gasteiger partial charge >= 0.3 is 0 Å². The van der Waals surface area contributed by atoms with Crippen LogP contribution in [0.25, 0.3) is 0 Å². The molecule has 0 radical (unpaired) electrons. The Hall–Kier alpha value is -1.32. The fourth-order valence-electron chi connectivity index (χ4n) is 2.76. The minimum Gasteiger partial charge on any atom is -0.361 e. The van der Waals surface area contributed by atoms with Crippen LogP contribution in [0.15, 0.2) is 4.52 Å². The monoisotopic (exact) mass is 250 g/mol. The summed E-state index contributed by atoms with van der Waals surface area (Å²) in [7, 11) is 0. The largest absolute Gasteiger partial charge is 0.361 e. The van der Waals surface area contributed by atoms with Crippen LogP contribution in [0.3, 0.4) is 0 Å². The zero-order valence-electron chi connectivity index (χ0n) is 11.5. The van der Waals surface area contributed by atoms with Crippen LogP contribution in [0.5, 0.6) is 0 Å². The second-order valence-corrected chi connectivity index (χ2v) is 5.52. The van der Waals surface area contributed by atoms with Crippen LogP contribution in [0, 0.1) is 19.8 Å². The van der Waals surface area contributed by atoms with Crippen molar-refractivity contribution in [1.29, 1.82) is 0 Å². The van der Waals surface area contributed by atoms with E-state index in [0.717, 1.165) is 35.8 Å². The summed E-state index contributed by atoms with van der Waals surface area (Å²) in [6, 6.07) is 0.349. The van der Waals surface area contributed by atoms with E-state index in [4.69, 9.17) is 4.52 Å². The van der Waals surface area contributed by atoms with E-state index >= 15 is 0 Å². The van der Waals surface area contributed by atoms with E-state index in [1.54, 1.807) is 0 Å². The highest BCUT2D eigenvalue weighted by molar-refractivity contribution is 5.79. The lowest BCUT2D eigenvalue weighted by molar-refractivity contribution is -0.121. The van der Waals surface area contributed by atoms with Gasteiger partial charge in [-0.15, -0.1) is 0 Å². The lowest BCUT2D eigenvalue weighted by Crippen LogP contribution is -2.38. The molecule has 1 N–H and O–H groups in total. The number of aromatic nitrogens is 1. The summed E-state index contributed by atoms with van der Waals surface area (Å²) in [4.78, 5) is 12.0. The molecular formula is C14H22N2O2. The highest BCUT2D eigenvalue weighted by Crippen LogP contribution is 2.23. The molecule has 0 bridgehead atoms. The number of aryl methyl sites for hydroxylation is 2. The molecule has 4 nitrogen and oxygen atoms in total. The van der Waals surface area contributed by atoms with Crippen molar-refractivity contribution in [3.63, 3.8) is 0 Å². The Kier molecular flexibility index (Phi) is 4.04. The van der Waals surface area contributed by atoms with Gasteiger partial charge in [-0.2, -0.15) is 0 Å². The number of carbonyl (C=O) groups is 1. The molecule has 0 spiro atoms. The third-order valence-electron chi connectivity index (χ3n) is 3.82. The maximum Gasteiger partial charge on any atom is 0.224 e. The Morgan fingerprint density at radius 1 is 1.44 bits per heavy atom. The van der Waals surface area contributed by atoms with Gasteiger partial charge in [0.05, 0.1) is 12.1 Å². The molecule has 1 aliphatic carbocycles. The molecule has 1 saturated carbocycles. The molecule has 0 saturated heterocycles. The number of carbonyl (C=O) groups excluding carboxylic acids is 1. The first-order valence-corrected chi connectivity index (χ1v) is 6.77. The first-order valence-electron chi connectivity index (χ1n) is 6.77. The van der Waals surface area contributed by atoms with E-state index in [2.05, 4.69) is 17.4 Å². The third kappa shape index (κ3) is 3.12. The van der Waals surface area contributed by atoms with E-state index in [0.29, 0.717) is 12.5 Å². The van der Waals surface area contributed by atoms with E-state index in [1.165, 1.54) is 12.8 Å². The molecule has 1 aromatic heterocycles. The number of hydrogen-bond acceptors (Lipinski definition) is 3. The number of nitrogens with zero attached hydrogens (tertiary/aromatic N) is 1. The molecule has 1 aliphatic rings. The van der Waals surface area contributed by atoms with E-state index < -0.39 is 0 Å². The maximum absolute atomic E-state index is 12.0. The second-order valence-electron chi connectivity index (χ2n) is 5.52. The molecule has 1 aromatic rings. The Morgan fingerprint density at radius 2 is 2.22 bits per heavy atom.